The average Bonchev–Trinajstić information content (AvgIpc) is 2.61. The minimum absolute atomic E-state index is 0.440. The molecule has 122 valence electrons. The normalized spacial score (nSPS) is 17.2. The number of aliphatic hydroxyl groups is 1. The highest BCUT2D eigenvalue weighted by atomic mass is 16.3. The second kappa shape index (κ2) is 7.57. The molecule has 1 aromatic heterocycles. The van der Waals surface area contributed by atoms with Gasteiger partial charge >= 0.3 is 0 Å². The van der Waals surface area contributed by atoms with Gasteiger partial charge in [-0.2, -0.15) is 0 Å². The van der Waals surface area contributed by atoms with Crippen LogP contribution < -0.4 is 10.2 Å². The van der Waals surface area contributed by atoms with E-state index in [0.717, 1.165) is 37.3 Å². The van der Waals surface area contributed by atoms with Gasteiger partial charge in [-0.3, -0.25) is 0 Å². The number of aryl methyl sites for hydroxylation is 1. The van der Waals surface area contributed by atoms with E-state index in [2.05, 4.69) is 28.2 Å². The summed E-state index contributed by atoms with van der Waals surface area (Å²) in [6, 6.07) is 14.6. The second-order valence-electron chi connectivity index (χ2n) is 6.28. The van der Waals surface area contributed by atoms with E-state index in [9.17, 15) is 5.11 Å². The van der Waals surface area contributed by atoms with E-state index < -0.39 is 6.10 Å². The lowest BCUT2D eigenvalue weighted by molar-refractivity contribution is 0.167. The quantitative estimate of drug-likeness (QED) is 0.891. The first-order valence-electron chi connectivity index (χ1n) is 8.36. The van der Waals surface area contributed by atoms with Crippen LogP contribution in [0.5, 0.6) is 0 Å². The monoisotopic (exact) mass is 311 g/mol. The summed E-state index contributed by atoms with van der Waals surface area (Å²) in [4.78, 5) is 6.74. The maximum Gasteiger partial charge on any atom is 0.128 e. The van der Waals surface area contributed by atoms with Crippen molar-refractivity contribution < 1.29 is 5.11 Å². The summed E-state index contributed by atoms with van der Waals surface area (Å²) in [5, 5.41) is 13.8. The highest BCUT2D eigenvalue weighted by Gasteiger charge is 2.20. The van der Waals surface area contributed by atoms with Crippen LogP contribution >= 0.6 is 0 Å². The van der Waals surface area contributed by atoms with Gasteiger partial charge < -0.3 is 15.3 Å². The van der Waals surface area contributed by atoms with Gasteiger partial charge in [-0.1, -0.05) is 35.9 Å². The molecule has 0 bridgehead atoms. The van der Waals surface area contributed by atoms with Gasteiger partial charge in [0.15, 0.2) is 0 Å². The molecule has 0 radical (unpaired) electrons. The number of piperidine rings is 1. The highest BCUT2D eigenvalue weighted by Crippen LogP contribution is 2.18. The number of nitrogens with one attached hydrogen (secondary N) is 1. The van der Waals surface area contributed by atoms with Gasteiger partial charge in [-0.15, -0.1) is 0 Å². The Labute approximate surface area is 138 Å². The molecule has 2 N–H and O–H groups in total. The van der Waals surface area contributed by atoms with Gasteiger partial charge in [-0.25, -0.2) is 4.98 Å². The molecule has 2 aromatic rings. The topological polar surface area (TPSA) is 48.4 Å². The number of nitrogens with zero attached hydrogens (tertiary/aromatic N) is 2. The van der Waals surface area contributed by atoms with E-state index in [1.807, 2.05) is 42.6 Å². The third-order valence-corrected chi connectivity index (χ3v) is 4.53. The third kappa shape index (κ3) is 4.30. The molecular weight excluding hydrogens is 286 g/mol. The van der Waals surface area contributed by atoms with Gasteiger partial charge in [0.05, 0.1) is 6.10 Å². The zero-order valence-corrected chi connectivity index (χ0v) is 13.7. The Bertz CT molecular complexity index is 592. The molecule has 1 saturated heterocycles. The van der Waals surface area contributed by atoms with Crippen molar-refractivity contribution in [3.05, 3.63) is 59.8 Å². The molecule has 1 fully saturated rings. The molecule has 0 spiro atoms. The number of benzene rings is 1. The molecule has 0 amide bonds. The largest absolute Gasteiger partial charge is 0.387 e. The van der Waals surface area contributed by atoms with Crippen LogP contribution in [0.25, 0.3) is 0 Å². The SMILES string of the molecule is Cc1ccc(C(O)CNC2CCN(c3ccccn3)CC2)cc1. The fourth-order valence-electron chi connectivity index (χ4n) is 3.04. The first-order valence-corrected chi connectivity index (χ1v) is 8.36. The van der Waals surface area contributed by atoms with Crippen molar-refractivity contribution in [1.82, 2.24) is 10.3 Å². The summed E-state index contributed by atoms with van der Waals surface area (Å²) in [6.07, 6.45) is 3.57. The molecule has 0 saturated carbocycles. The molecule has 23 heavy (non-hydrogen) atoms. The van der Waals surface area contributed by atoms with Gasteiger partial charge in [0.2, 0.25) is 0 Å². The van der Waals surface area contributed by atoms with Crippen molar-refractivity contribution in [2.24, 2.45) is 0 Å². The lowest BCUT2D eigenvalue weighted by Gasteiger charge is -2.33. The summed E-state index contributed by atoms with van der Waals surface area (Å²) in [5.41, 5.74) is 2.20. The van der Waals surface area contributed by atoms with E-state index in [1.165, 1.54) is 5.56 Å². The molecule has 4 nitrogen and oxygen atoms in total. The zero-order valence-electron chi connectivity index (χ0n) is 13.7. The van der Waals surface area contributed by atoms with Crippen LogP contribution in [0.3, 0.4) is 0 Å². The molecule has 1 atom stereocenters. The van der Waals surface area contributed by atoms with E-state index in [4.69, 9.17) is 0 Å². The number of hydrogen-bond acceptors (Lipinski definition) is 4. The number of rotatable bonds is 5. The maximum absolute atomic E-state index is 10.3. The summed E-state index contributed by atoms with van der Waals surface area (Å²) < 4.78 is 0. The standard InChI is InChI=1S/C19H25N3O/c1-15-5-7-16(8-6-15)18(23)14-21-17-9-12-22(13-10-17)19-4-2-3-11-20-19/h2-8,11,17-18,21,23H,9-10,12-14H2,1H3. The molecule has 0 aliphatic carbocycles. The molecule has 1 unspecified atom stereocenters. The summed E-state index contributed by atoms with van der Waals surface area (Å²) in [5.74, 6) is 1.06. The zero-order chi connectivity index (χ0) is 16.1. The van der Waals surface area contributed by atoms with Crippen molar-refractivity contribution in [2.45, 2.75) is 31.9 Å². The van der Waals surface area contributed by atoms with Gasteiger partial charge in [-0.05, 0) is 37.5 Å². The van der Waals surface area contributed by atoms with Crippen LogP contribution in [0.2, 0.25) is 0 Å². The van der Waals surface area contributed by atoms with Crippen LogP contribution in [0, 0.1) is 6.92 Å². The Balaban J connectivity index is 1.45. The molecule has 3 rings (SSSR count). The number of aromatic nitrogens is 1. The smallest absolute Gasteiger partial charge is 0.128 e. The van der Waals surface area contributed by atoms with Crippen molar-refractivity contribution >= 4 is 5.82 Å². The Morgan fingerprint density at radius 2 is 1.91 bits per heavy atom. The predicted octanol–water partition coefficient (Wildman–Crippen LogP) is 2.68. The minimum Gasteiger partial charge on any atom is -0.387 e. The minimum atomic E-state index is -0.440. The van der Waals surface area contributed by atoms with Crippen molar-refractivity contribution in [1.29, 1.82) is 0 Å². The Hall–Kier alpha value is -1.91. The maximum atomic E-state index is 10.3. The first-order chi connectivity index (χ1) is 11.2. The Morgan fingerprint density at radius 3 is 2.57 bits per heavy atom. The fourth-order valence-corrected chi connectivity index (χ4v) is 3.04. The van der Waals surface area contributed by atoms with E-state index in [1.54, 1.807) is 0 Å². The van der Waals surface area contributed by atoms with E-state index in [0.29, 0.717) is 12.6 Å². The van der Waals surface area contributed by atoms with E-state index >= 15 is 0 Å². The summed E-state index contributed by atoms with van der Waals surface area (Å²) in [6.45, 7) is 4.69. The van der Waals surface area contributed by atoms with Crippen LogP contribution in [-0.2, 0) is 0 Å². The number of anilines is 1. The van der Waals surface area contributed by atoms with E-state index in [-0.39, 0.29) is 0 Å². The number of pyridine rings is 1. The Kier molecular flexibility index (Phi) is 5.26. The molecule has 4 heteroatoms. The van der Waals surface area contributed by atoms with Crippen molar-refractivity contribution in [3.8, 4) is 0 Å². The average molecular weight is 311 g/mol. The van der Waals surface area contributed by atoms with Gasteiger partial charge in [0.1, 0.15) is 5.82 Å². The molecule has 2 heterocycles. The lowest BCUT2D eigenvalue weighted by Crippen LogP contribution is -2.43. The second-order valence-corrected chi connectivity index (χ2v) is 6.28. The molecular formula is C19H25N3O. The van der Waals surface area contributed by atoms with Crippen molar-refractivity contribution in [2.75, 3.05) is 24.5 Å². The van der Waals surface area contributed by atoms with Crippen LogP contribution in [-0.4, -0.2) is 35.8 Å². The predicted molar refractivity (Wildman–Crippen MR) is 93.6 cm³/mol. The van der Waals surface area contributed by atoms with Crippen molar-refractivity contribution in [3.63, 3.8) is 0 Å². The van der Waals surface area contributed by atoms with Gasteiger partial charge in [0.25, 0.3) is 0 Å². The molecule has 1 aromatic carbocycles. The van der Waals surface area contributed by atoms with Gasteiger partial charge in [0, 0.05) is 31.9 Å². The van der Waals surface area contributed by atoms with Crippen LogP contribution in [0.15, 0.2) is 48.7 Å². The number of aliphatic hydroxyl groups excluding tert-OH is 1. The van der Waals surface area contributed by atoms with Crippen LogP contribution in [0.1, 0.15) is 30.1 Å². The Morgan fingerprint density at radius 1 is 1.17 bits per heavy atom. The summed E-state index contributed by atoms with van der Waals surface area (Å²) >= 11 is 0. The summed E-state index contributed by atoms with van der Waals surface area (Å²) in [7, 11) is 0. The van der Waals surface area contributed by atoms with Crippen LogP contribution in [0.4, 0.5) is 5.82 Å². The molecule has 1 aliphatic heterocycles. The third-order valence-electron chi connectivity index (χ3n) is 4.53. The highest BCUT2D eigenvalue weighted by molar-refractivity contribution is 5.38. The number of hydrogen-bond donors (Lipinski definition) is 2. The molecule has 1 aliphatic rings. The lowest BCUT2D eigenvalue weighted by atomic mass is 10.0. The first kappa shape index (κ1) is 16.0. The fraction of sp³-hybridized carbons (Fsp3) is 0.421.